The summed E-state index contributed by atoms with van der Waals surface area (Å²) in [6.07, 6.45) is 0. The zero-order chi connectivity index (χ0) is 73.7. The van der Waals surface area contributed by atoms with E-state index in [4.69, 9.17) is 38.9 Å². The van der Waals surface area contributed by atoms with Crippen LogP contribution in [0.25, 0.3) is 11.1 Å². The molecule has 4 heterocycles. The van der Waals surface area contributed by atoms with Crippen LogP contribution in [0.4, 0.5) is 0 Å². The molecule has 8 aromatic rings. The average Bonchev–Trinajstić information content (AvgIpc) is 1.61. The molecule has 520 valence electrons. The summed E-state index contributed by atoms with van der Waals surface area (Å²) >= 11 is 0. The van der Waals surface area contributed by atoms with Crippen molar-refractivity contribution in [2.24, 2.45) is 9.98 Å². The summed E-state index contributed by atoms with van der Waals surface area (Å²) in [7, 11) is 0. The second-order valence-electron chi connectivity index (χ2n) is 31.1. The number of nitrogens with zero attached hydrogens (tertiary/aromatic N) is 4. The van der Waals surface area contributed by atoms with Gasteiger partial charge in [0.25, 0.3) is 0 Å². The zero-order valence-corrected chi connectivity index (χ0v) is 67.3. The molecule has 0 saturated carbocycles. The first kappa shape index (κ1) is 77.4. The fourth-order valence-electron chi connectivity index (χ4n) is 13.5. The van der Waals surface area contributed by atoms with Crippen LogP contribution in [-0.2, 0) is 50.7 Å². The second kappa shape index (κ2) is 29.7. The number of ether oxygens (including phenoxy) is 4. The van der Waals surface area contributed by atoms with E-state index < -0.39 is 23.9 Å². The van der Waals surface area contributed by atoms with Crippen molar-refractivity contribution >= 4 is 46.4 Å². The number of carbonyl (C=O) groups excluding carboxylic acids is 4. The van der Waals surface area contributed by atoms with Gasteiger partial charge in [0.2, 0.25) is 0 Å². The van der Waals surface area contributed by atoms with E-state index >= 15 is 0 Å². The number of aryl methyl sites for hydroxylation is 8. The third-order valence-corrected chi connectivity index (χ3v) is 18.8. The number of aliphatic imine (C=N–C) groups is 2. The number of hydrogen-bond donors (Lipinski definition) is 0. The molecule has 0 N–H and O–H groups in total. The predicted molar refractivity (Wildman–Crippen MR) is 405 cm³/mol. The van der Waals surface area contributed by atoms with E-state index in [0.717, 1.165) is 77.9 Å². The molecule has 2 aliphatic rings. The summed E-state index contributed by atoms with van der Waals surface area (Å²) in [5, 5.41) is 0. The van der Waals surface area contributed by atoms with Crippen LogP contribution in [-0.4, -0.2) is 35.3 Å². The average molecular weight is 1410 g/mol. The van der Waals surface area contributed by atoms with E-state index in [0.29, 0.717) is 113 Å². The van der Waals surface area contributed by atoms with Crippen molar-refractivity contribution in [2.45, 2.75) is 202 Å². The molecule has 0 saturated heterocycles. The molecule has 0 unspecified atom stereocenters. The maximum absolute atomic E-state index is 13.7. The predicted octanol–water partition coefficient (Wildman–Crippen LogP) is 20.3. The van der Waals surface area contributed by atoms with Crippen molar-refractivity contribution in [1.82, 2.24) is 9.97 Å². The van der Waals surface area contributed by atoms with Crippen molar-refractivity contribution in [1.29, 1.82) is 0 Å². The summed E-state index contributed by atoms with van der Waals surface area (Å²) < 4.78 is 23.6. The molecule has 0 aliphatic carbocycles. The van der Waals surface area contributed by atoms with Crippen LogP contribution in [0.15, 0.2) is 165 Å². The Bertz CT molecular complexity index is 4440. The zero-order valence-electron chi connectivity index (χ0n) is 64.3. The van der Waals surface area contributed by atoms with Gasteiger partial charge in [0.05, 0.1) is 34.0 Å². The molecule has 0 bridgehead atoms. The first-order chi connectivity index (χ1) is 46.5. The van der Waals surface area contributed by atoms with Crippen LogP contribution in [0, 0.1) is 69.2 Å². The van der Waals surface area contributed by atoms with Gasteiger partial charge in [-0.05, 0) is 231 Å². The van der Waals surface area contributed by atoms with Gasteiger partial charge in [0.15, 0.2) is 0 Å². The van der Waals surface area contributed by atoms with Gasteiger partial charge in [-0.1, -0.05) is 192 Å². The van der Waals surface area contributed by atoms with Crippen molar-refractivity contribution in [3.63, 3.8) is 0 Å². The summed E-state index contributed by atoms with van der Waals surface area (Å²) in [6, 6.07) is 39.1. The van der Waals surface area contributed by atoms with Crippen LogP contribution < -0.4 is 28.9 Å². The summed E-state index contributed by atoms with van der Waals surface area (Å²) in [4.78, 5) is 75.0. The third-order valence-electron chi connectivity index (χ3n) is 18.8. The summed E-state index contributed by atoms with van der Waals surface area (Å²) in [5.41, 5.74) is 23.7. The number of esters is 4. The Morgan fingerprint density at radius 1 is 0.327 bits per heavy atom. The Morgan fingerprint density at radius 2 is 0.554 bits per heavy atom. The number of hydrogen-bond acceptors (Lipinski definition) is 10. The van der Waals surface area contributed by atoms with Gasteiger partial charge in [-0.3, -0.25) is 9.98 Å². The fourth-order valence-corrected chi connectivity index (χ4v) is 13.5. The number of benzene rings is 6. The van der Waals surface area contributed by atoms with Crippen molar-refractivity contribution in [3.8, 4) is 23.0 Å². The molecule has 101 heavy (non-hydrogen) atoms. The number of rotatable bonds is 12. The van der Waals surface area contributed by atoms with Gasteiger partial charge in [-0.15, -0.1) is 22.8 Å². The smallest absolute Gasteiger partial charge is 0.660 e. The molecule has 13 heteroatoms. The standard InChI is InChI=1S/2C44H50N2O4.Zn/c2*1-24-22-25(2)35(26(3)23-24)38(39-27(4)36(29(6)45-39)41(47)49-33-18-14-31(15-19-33)43(8,9)10)40-28(5)37(30(7)46-40)42(48)50-34-20-16-32(17-21-34)44(11,12)13;/h2*14-23H,1-13H3,(H,45,46,47,48);/q;;+2/p-2. The molecular formula is C88H98N4O8Zn. The Balaban J connectivity index is 0.000000254. The second-order valence-corrected chi connectivity index (χ2v) is 31.1. The van der Waals surface area contributed by atoms with E-state index in [9.17, 15) is 19.2 Å². The molecule has 2 aliphatic heterocycles. The Labute approximate surface area is 611 Å². The topological polar surface area (TPSA) is 158 Å². The fraction of sp³-hybridized carbons (Fsp3) is 0.341. The van der Waals surface area contributed by atoms with E-state index in [1.54, 1.807) is 0 Å². The van der Waals surface area contributed by atoms with E-state index in [1.165, 1.54) is 0 Å². The maximum atomic E-state index is 13.7. The van der Waals surface area contributed by atoms with Gasteiger partial charge in [0, 0.05) is 11.1 Å². The van der Waals surface area contributed by atoms with Gasteiger partial charge >= 0.3 is 43.4 Å². The Hall–Kier alpha value is -9.32. The minimum atomic E-state index is -0.468. The maximum Gasteiger partial charge on any atom is 2.00 e. The van der Waals surface area contributed by atoms with Crippen LogP contribution >= 0.6 is 0 Å². The van der Waals surface area contributed by atoms with Crippen molar-refractivity contribution in [3.05, 3.63) is 267 Å². The molecule has 12 nitrogen and oxygen atoms in total. The van der Waals surface area contributed by atoms with Crippen LogP contribution in [0.1, 0.15) is 232 Å². The van der Waals surface area contributed by atoms with Crippen LogP contribution in [0.5, 0.6) is 23.0 Å². The molecule has 2 aromatic heterocycles. The largest absolute Gasteiger partial charge is 2.00 e. The molecule has 0 spiro atoms. The molecule has 0 fully saturated rings. The van der Waals surface area contributed by atoms with Gasteiger partial charge in [-0.2, -0.15) is 0 Å². The van der Waals surface area contributed by atoms with Gasteiger partial charge < -0.3 is 28.9 Å². The van der Waals surface area contributed by atoms with Crippen LogP contribution in [0.3, 0.4) is 0 Å². The molecular weight excluding hydrogens is 1310 g/mol. The first-order valence-corrected chi connectivity index (χ1v) is 34.3. The van der Waals surface area contributed by atoms with Gasteiger partial charge in [0.1, 0.15) is 23.0 Å². The first-order valence-electron chi connectivity index (χ1n) is 34.3. The van der Waals surface area contributed by atoms with E-state index in [-0.39, 0.29) is 41.1 Å². The Kier molecular flexibility index (Phi) is 22.8. The van der Waals surface area contributed by atoms with E-state index in [1.807, 2.05) is 152 Å². The number of carbonyl (C=O) groups is 4. The van der Waals surface area contributed by atoms with Gasteiger partial charge in [-0.25, -0.2) is 19.2 Å². The molecule has 6 aromatic carbocycles. The summed E-state index contributed by atoms with van der Waals surface area (Å²) in [5.74, 6) is 0.0127. The van der Waals surface area contributed by atoms with Crippen molar-refractivity contribution in [2.75, 3.05) is 0 Å². The van der Waals surface area contributed by atoms with Crippen LogP contribution in [0.2, 0.25) is 0 Å². The monoisotopic (exact) mass is 1400 g/mol. The minimum absolute atomic E-state index is 0. The molecule has 0 radical (unpaired) electrons. The van der Waals surface area contributed by atoms with Crippen molar-refractivity contribution < 1.29 is 57.6 Å². The molecule has 10 rings (SSSR count). The third kappa shape index (κ3) is 16.7. The SMILES string of the molecule is CC1=N/C(=C(\c2[n-]c(C)c(C(=O)Oc3ccc(C(C)(C)C)cc3)c2C)c2c(C)cc(C)cc2C)C(C)=C1C(=O)Oc1ccc(C(C)(C)C)cc1.CC1=N/C(=C(\c2[n-]c(C)c(C(=O)Oc3ccc(C(C)(C)C)cc3)c2C)c2c(C)cc(C)cc2C)C(C)=C1C(=O)Oc1ccc(C(C)(C)C)cc1.[Zn+2]. The Morgan fingerprint density at radius 3 is 0.782 bits per heavy atom. The normalized spacial score (nSPS) is 14.4. The number of aromatic nitrogens is 2. The summed E-state index contributed by atoms with van der Waals surface area (Å²) in [6.45, 7) is 53.0. The quantitative estimate of drug-likeness (QED) is 0.0655. The van der Waals surface area contributed by atoms with E-state index in [2.05, 4.69) is 149 Å². The minimum Gasteiger partial charge on any atom is -0.660 e. The molecule has 0 atom stereocenters. The molecule has 0 amide bonds. The number of allylic oxidation sites excluding steroid dienone is 2.